The van der Waals surface area contributed by atoms with E-state index >= 15 is 0 Å². The first-order chi connectivity index (χ1) is 10.1. The predicted molar refractivity (Wildman–Crippen MR) is 83.8 cm³/mol. The van der Waals surface area contributed by atoms with Gasteiger partial charge in [0.25, 0.3) is 0 Å². The number of rotatable bonds is 6. The molecule has 1 aromatic heterocycles. The number of hydrogen-bond acceptors (Lipinski definition) is 4. The van der Waals surface area contributed by atoms with Gasteiger partial charge in [-0.2, -0.15) is 5.10 Å². The Balaban J connectivity index is 2.48. The molecule has 1 aromatic carbocycles. The minimum Gasteiger partial charge on any atom is -0.497 e. The highest BCUT2D eigenvalue weighted by Gasteiger charge is 2.23. The van der Waals surface area contributed by atoms with Gasteiger partial charge in [-0.15, -0.1) is 0 Å². The first-order valence-electron chi connectivity index (χ1n) is 6.73. The second kappa shape index (κ2) is 6.95. The summed E-state index contributed by atoms with van der Waals surface area (Å²) in [6, 6.07) is 5.49. The number of nitrogens with zero attached hydrogens (tertiary/aromatic N) is 2. The van der Waals surface area contributed by atoms with Crippen LogP contribution in [0.25, 0.3) is 0 Å². The van der Waals surface area contributed by atoms with Crippen LogP contribution in [0.1, 0.15) is 30.7 Å². The molecule has 0 radical (unpaired) electrons. The van der Waals surface area contributed by atoms with Crippen molar-refractivity contribution < 1.29 is 14.6 Å². The SMILES string of the molecule is CCCn1ncc(OC)c1C(O)c1cc(OC)ccc1Br. The van der Waals surface area contributed by atoms with Gasteiger partial charge in [0.1, 0.15) is 17.5 Å². The van der Waals surface area contributed by atoms with Crippen molar-refractivity contribution in [3.8, 4) is 11.5 Å². The van der Waals surface area contributed by atoms with Crippen molar-refractivity contribution in [2.24, 2.45) is 0 Å². The molecular formula is C15H19BrN2O3. The van der Waals surface area contributed by atoms with Gasteiger partial charge in [-0.3, -0.25) is 4.68 Å². The fourth-order valence-electron chi connectivity index (χ4n) is 2.21. The molecule has 0 saturated carbocycles. The molecule has 2 rings (SSSR count). The summed E-state index contributed by atoms with van der Waals surface area (Å²) in [6.07, 6.45) is 1.70. The number of hydrogen-bond donors (Lipinski definition) is 1. The Bertz CT molecular complexity index is 613. The molecule has 1 heterocycles. The van der Waals surface area contributed by atoms with Gasteiger partial charge in [0.2, 0.25) is 0 Å². The topological polar surface area (TPSA) is 56.5 Å². The van der Waals surface area contributed by atoms with E-state index in [2.05, 4.69) is 28.0 Å². The van der Waals surface area contributed by atoms with Crippen molar-refractivity contribution in [1.29, 1.82) is 0 Å². The first kappa shape index (κ1) is 15.9. The van der Waals surface area contributed by atoms with Crippen molar-refractivity contribution in [2.45, 2.75) is 26.0 Å². The highest BCUT2D eigenvalue weighted by atomic mass is 79.9. The third kappa shape index (κ3) is 3.22. The van der Waals surface area contributed by atoms with E-state index < -0.39 is 6.10 Å². The largest absolute Gasteiger partial charge is 0.497 e. The van der Waals surface area contributed by atoms with E-state index in [0.29, 0.717) is 22.8 Å². The summed E-state index contributed by atoms with van der Waals surface area (Å²) >= 11 is 3.47. The maximum atomic E-state index is 10.8. The summed E-state index contributed by atoms with van der Waals surface area (Å²) in [5, 5.41) is 15.1. The standard InChI is InChI=1S/C15H19BrN2O3/c1-4-7-18-14(13(21-3)9-17-18)15(19)11-8-10(20-2)5-6-12(11)16/h5-6,8-9,15,19H,4,7H2,1-3H3. The van der Waals surface area contributed by atoms with Crippen LogP contribution in [-0.4, -0.2) is 29.1 Å². The van der Waals surface area contributed by atoms with Gasteiger partial charge >= 0.3 is 0 Å². The predicted octanol–water partition coefficient (Wildman–Crippen LogP) is 3.15. The van der Waals surface area contributed by atoms with Crippen LogP contribution in [0.15, 0.2) is 28.9 Å². The molecule has 1 atom stereocenters. The van der Waals surface area contributed by atoms with Crippen molar-refractivity contribution >= 4 is 15.9 Å². The molecule has 114 valence electrons. The molecule has 0 aliphatic carbocycles. The van der Waals surface area contributed by atoms with Crippen LogP contribution < -0.4 is 9.47 Å². The summed E-state index contributed by atoms with van der Waals surface area (Å²) in [5.41, 5.74) is 1.36. The van der Waals surface area contributed by atoms with E-state index in [1.165, 1.54) is 0 Å². The fourth-order valence-corrected chi connectivity index (χ4v) is 2.67. The monoisotopic (exact) mass is 354 g/mol. The molecule has 0 amide bonds. The van der Waals surface area contributed by atoms with Gasteiger partial charge < -0.3 is 14.6 Å². The minimum absolute atomic E-state index is 0.575. The Morgan fingerprint density at radius 2 is 2.10 bits per heavy atom. The highest BCUT2D eigenvalue weighted by Crippen LogP contribution is 2.35. The van der Waals surface area contributed by atoms with Crippen molar-refractivity contribution in [1.82, 2.24) is 9.78 Å². The van der Waals surface area contributed by atoms with Gasteiger partial charge in [0.05, 0.1) is 20.4 Å². The van der Waals surface area contributed by atoms with Crippen LogP contribution in [0.5, 0.6) is 11.5 Å². The molecule has 21 heavy (non-hydrogen) atoms. The van der Waals surface area contributed by atoms with E-state index in [-0.39, 0.29) is 0 Å². The number of aliphatic hydroxyl groups is 1. The summed E-state index contributed by atoms with van der Waals surface area (Å²) < 4.78 is 13.1. The molecule has 1 unspecified atom stereocenters. The average molecular weight is 355 g/mol. The second-order valence-corrected chi connectivity index (χ2v) is 5.47. The number of aryl methyl sites for hydroxylation is 1. The lowest BCUT2D eigenvalue weighted by Crippen LogP contribution is -2.11. The van der Waals surface area contributed by atoms with E-state index in [1.807, 2.05) is 12.1 Å². The molecule has 1 N–H and O–H groups in total. The van der Waals surface area contributed by atoms with E-state index in [0.717, 1.165) is 17.4 Å². The van der Waals surface area contributed by atoms with Crippen LogP contribution >= 0.6 is 15.9 Å². The van der Waals surface area contributed by atoms with Crippen LogP contribution in [0.2, 0.25) is 0 Å². The van der Waals surface area contributed by atoms with Gasteiger partial charge in [0.15, 0.2) is 5.75 Å². The van der Waals surface area contributed by atoms with Crippen LogP contribution in [-0.2, 0) is 6.54 Å². The lowest BCUT2D eigenvalue weighted by Gasteiger charge is -2.17. The number of ether oxygens (including phenoxy) is 2. The molecular weight excluding hydrogens is 336 g/mol. The molecule has 0 aliphatic rings. The molecule has 6 heteroatoms. The maximum Gasteiger partial charge on any atom is 0.163 e. The molecule has 0 saturated heterocycles. The number of aromatic nitrogens is 2. The number of benzene rings is 1. The molecule has 5 nitrogen and oxygen atoms in total. The zero-order chi connectivity index (χ0) is 15.4. The van der Waals surface area contributed by atoms with E-state index in [9.17, 15) is 5.11 Å². The zero-order valence-corrected chi connectivity index (χ0v) is 13.9. The fraction of sp³-hybridized carbons (Fsp3) is 0.400. The van der Waals surface area contributed by atoms with Gasteiger partial charge in [0, 0.05) is 16.6 Å². The quantitative estimate of drug-likeness (QED) is 0.865. The first-order valence-corrected chi connectivity index (χ1v) is 7.52. The maximum absolute atomic E-state index is 10.8. The summed E-state index contributed by atoms with van der Waals surface area (Å²) in [6.45, 7) is 2.78. The van der Waals surface area contributed by atoms with Gasteiger partial charge in [-0.05, 0) is 24.6 Å². The second-order valence-electron chi connectivity index (χ2n) is 4.61. The van der Waals surface area contributed by atoms with E-state index in [1.54, 1.807) is 31.2 Å². The third-order valence-corrected chi connectivity index (χ3v) is 3.98. The third-order valence-electron chi connectivity index (χ3n) is 3.26. The van der Waals surface area contributed by atoms with E-state index in [4.69, 9.17) is 9.47 Å². The number of aliphatic hydroxyl groups excluding tert-OH is 1. The van der Waals surface area contributed by atoms with Crippen LogP contribution in [0.4, 0.5) is 0 Å². The van der Waals surface area contributed by atoms with Gasteiger partial charge in [-0.1, -0.05) is 22.9 Å². The lowest BCUT2D eigenvalue weighted by molar-refractivity contribution is 0.200. The molecule has 2 aromatic rings. The smallest absolute Gasteiger partial charge is 0.163 e. The summed E-state index contributed by atoms with van der Waals surface area (Å²) in [7, 11) is 3.17. The lowest BCUT2D eigenvalue weighted by atomic mass is 10.1. The average Bonchev–Trinajstić information content (AvgIpc) is 2.90. The van der Waals surface area contributed by atoms with Gasteiger partial charge in [-0.25, -0.2) is 0 Å². The number of methoxy groups -OCH3 is 2. The normalized spacial score (nSPS) is 12.2. The Morgan fingerprint density at radius 1 is 1.33 bits per heavy atom. The minimum atomic E-state index is -0.849. The molecule has 0 spiro atoms. The summed E-state index contributed by atoms with van der Waals surface area (Å²) in [4.78, 5) is 0. The van der Waals surface area contributed by atoms with Crippen molar-refractivity contribution in [2.75, 3.05) is 14.2 Å². The number of halogens is 1. The molecule has 0 bridgehead atoms. The zero-order valence-electron chi connectivity index (χ0n) is 12.3. The molecule has 0 aliphatic heterocycles. The Labute approximate surface area is 132 Å². The summed E-state index contributed by atoms with van der Waals surface area (Å²) in [5.74, 6) is 1.26. The highest BCUT2D eigenvalue weighted by molar-refractivity contribution is 9.10. The Hall–Kier alpha value is -1.53. The Morgan fingerprint density at radius 3 is 2.71 bits per heavy atom. The van der Waals surface area contributed by atoms with Crippen LogP contribution in [0.3, 0.4) is 0 Å². The van der Waals surface area contributed by atoms with Crippen molar-refractivity contribution in [3.05, 3.63) is 40.1 Å². The van der Waals surface area contributed by atoms with Crippen molar-refractivity contribution in [3.63, 3.8) is 0 Å². The molecule has 0 fully saturated rings. The Kier molecular flexibility index (Phi) is 5.25. The van der Waals surface area contributed by atoms with Crippen LogP contribution in [0, 0.1) is 0 Å².